The normalized spacial score (nSPS) is 43.4. The van der Waals surface area contributed by atoms with Gasteiger partial charge < -0.3 is 0 Å². The molecule has 0 amide bonds. The fourth-order valence-corrected chi connectivity index (χ4v) is 3.05. The predicted octanol–water partition coefficient (Wildman–Crippen LogP) is 2.65. The maximum Gasteiger partial charge on any atom is 0.139 e. The molecule has 1 heteroatoms. The van der Waals surface area contributed by atoms with E-state index in [9.17, 15) is 4.79 Å². The predicted molar refractivity (Wildman–Crippen MR) is 48.8 cm³/mol. The van der Waals surface area contributed by atoms with Gasteiger partial charge in [0.2, 0.25) is 0 Å². The summed E-state index contributed by atoms with van der Waals surface area (Å²) in [6, 6.07) is 0. The fourth-order valence-electron chi connectivity index (χ4n) is 3.05. The van der Waals surface area contributed by atoms with Crippen molar-refractivity contribution < 1.29 is 4.79 Å². The van der Waals surface area contributed by atoms with Crippen LogP contribution in [-0.4, -0.2) is 5.78 Å². The first kappa shape index (κ1) is 8.28. The van der Waals surface area contributed by atoms with Gasteiger partial charge >= 0.3 is 0 Å². The van der Waals surface area contributed by atoms with Crippen molar-refractivity contribution in [2.45, 2.75) is 40.5 Å². The molecule has 0 aromatic rings. The highest BCUT2D eigenvalue weighted by Crippen LogP contribution is 2.72. The lowest BCUT2D eigenvalue weighted by Gasteiger charge is -2.16. The number of rotatable bonds is 1. The van der Waals surface area contributed by atoms with Gasteiger partial charge in [-0.1, -0.05) is 27.7 Å². The number of hydrogen-bond donors (Lipinski definition) is 0. The molecule has 0 aromatic heterocycles. The Hall–Kier alpha value is -0.330. The van der Waals surface area contributed by atoms with Crippen LogP contribution in [0.1, 0.15) is 40.5 Å². The van der Waals surface area contributed by atoms with Crippen LogP contribution in [0.2, 0.25) is 0 Å². The quantitative estimate of drug-likeness (QED) is 0.585. The summed E-state index contributed by atoms with van der Waals surface area (Å²) < 4.78 is 0. The molecule has 0 unspecified atom stereocenters. The Bertz CT molecular complexity index is 239. The molecule has 0 heterocycles. The van der Waals surface area contributed by atoms with Crippen LogP contribution in [0.25, 0.3) is 0 Å². The molecule has 12 heavy (non-hydrogen) atoms. The van der Waals surface area contributed by atoms with Crippen molar-refractivity contribution in [3.8, 4) is 0 Å². The minimum Gasteiger partial charge on any atom is -0.299 e. The van der Waals surface area contributed by atoms with E-state index >= 15 is 0 Å². The highest BCUT2D eigenvalue weighted by atomic mass is 16.1. The van der Waals surface area contributed by atoms with Crippen molar-refractivity contribution in [1.29, 1.82) is 0 Å². The number of fused-ring (bicyclic) bond motifs is 1. The average Bonchev–Trinajstić information content (AvgIpc) is 2.59. The van der Waals surface area contributed by atoms with Crippen LogP contribution in [0.3, 0.4) is 0 Å². The first-order chi connectivity index (χ1) is 5.41. The largest absolute Gasteiger partial charge is 0.299 e. The van der Waals surface area contributed by atoms with Crippen molar-refractivity contribution in [2.24, 2.45) is 22.7 Å². The van der Waals surface area contributed by atoms with E-state index in [0.717, 1.165) is 6.42 Å². The van der Waals surface area contributed by atoms with Gasteiger partial charge in [0, 0.05) is 11.8 Å². The molecule has 0 spiro atoms. The van der Waals surface area contributed by atoms with Gasteiger partial charge in [-0.25, -0.2) is 0 Å². The Balaban J connectivity index is 2.28. The molecule has 2 atom stereocenters. The fraction of sp³-hybridized carbons (Fsp3) is 0.909. The van der Waals surface area contributed by atoms with Crippen molar-refractivity contribution >= 4 is 5.78 Å². The molecule has 0 N–H and O–H groups in total. The van der Waals surface area contributed by atoms with Crippen LogP contribution in [0.4, 0.5) is 0 Å². The highest BCUT2D eigenvalue weighted by Gasteiger charge is 2.69. The number of Topliss-reactive ketones (excluding diaryl/α,β-unsaturated/α-hetero) is 1. The highest BCUT2D eigenvalue weighted by molar-refractivity contribution is 5.89. The number of ketones is 1. The van der Waals surface area contributed by atoms with Gasteiger partial charge in [0.25, 0.3) is 0 Å². The molecule has 68 valence electrons. The van der Waals surface area contributed by atoms with E-state index in [0.29, 0.717) is 23.0 Å². The van der Waals surface area contributed by atoms with Crippen LogP contribution in [0, 0.1) is 22.7 Å². The van der Waals surface area contributed by atoms with Crippen LogP contribution in [0.5, 0.6) is 0 Å². The van der Waals surface area contributed by atoms with E-state index in [1.54, 1.807) is 0 Å². The topological polar surface area (TPSA) is 17.1 Å². The van der Waals surface area contributed by atoms with Gasteiger partial charge in [0.1, 0.15) is 5.78 Å². The zero-order valence-corrected chi connectivity index (χ0v) is 8.48. The summed E-state index contributed by atoms with van der Waals surface area (Å²) in [5.41, 5.74) is 0.408. The third-order valence-corrected chi connectivity index (χ3v) is 4.35. The second-order valence-electron chi connectivity index (χ2n) is 5.47. The monoisotopic (exact) mass is 166 g/mol. The summed E-state index contributed by atoms with van der Waals surface area (Å²) in [7, 11) is 0. The SMILES string of the molecule is CC(C)[C@]12CC(=O)C(C)(C)[C@H]1C2. The van der Waals surface area contributed by atoms with Crippen LogP contribution < -0.4 is 0 Å². The van der Waals surface area contributed by atoms with Gasteiger partial charge in [-0.15, -0.1) is 0 Å². The maximum absolute atomic E-state index is 11.6. The summed E-state index contributed by atoms with van der Waals surface area (Å²) in [6.07, 6.45) is 2.14. The van der Waals surface area contributed by atoms with Crippen LogP contribution in [0.15, 0.2) is 0 Å². The van der Waals surface area contributed by atoms with Crippen molar-refractivity contribution in [1.82, 2.24) is 0 Å². The smallest absolute Gasteiger partial charge is 0.139 e. The third-order valence-electron chi connectivity index (χ3n) is 4.35. The zero-order valence-electron chi connectivity index (χ0n) is 8.48. The summed E-state index contributed by atoms with van der Waals surface area (Å²) in [4.78, 5) is 11.6. The second-order valence-corrected chi connectivity index (χ2v) is 5.47. The molecule has 0 radical (unpaired) electrons. The first-order valence-electron chi connectivity index (χ1n) is 4.94. The Labute approximate surface area is 74.5 Å². The number of carbonyl (C=O) groups excluding carboxylic acids is 1. The minimum absolute atomic E-state index is 0.00965. The molecule has 0 saturated heterocycles. The summed E-state index contributed by atoms with van der Waals surface area (Å²) in [6.45, 7) is 8.76. The molecule has 0 bridgehead atoms. The Morgan fingerprint density at radius 1 is 1.42 bits per heavy atom. The first-order valence-corrected chi connectivity index (χ1v) is 4.94. The van der Waals surface area contributed by atoms with Crippen molar-refractivity contribution in [3.63, 3.8) is 0 Å². The van der Waals surface area contributed by atoms with Crippen molar-refractivity contribution in [3.05, 3.63) is 0 Å². The molecule has 2 aliphatic carbocycles. The zero-order chi connectivity index (χ0) is 9.15. The molecule has 2 saturated carbocycles. The second kappa shape index (κ2) is 1.94. The summed E-state index contributed by atoms with van der Waals surface area (Å²) in [5, 5.41) is 0. The Morgan fingerprint density at radius 3 is 2.25 bits per heavy atom. The lowest BCUT2D eigenvalue weighted by molar-refractivity contribution is -0.126. The Kier molecular flexibility index (Phi) is 1.34. The molecule has 2 fully saturated rings. The van der Waals surface area contributed by atoms with Gasteiger partial charge in [-0.2, -0.15) is 0 Å². The Morgan fingerprint density at radius 2 is 2.00 bits per heavy atom. The maximum atomic E-state index is 11.6. The third kappa shape index (κ3) is 0.725. The van der Waals surface area contributed by atoms with Gasteiger partial charge in [-0.05, 0) is 23.7 Å². The van der Waals surface area contributed by atoms with Crippen molar-refractivity contribution in [2.75, 3.05) is 0 Å². The molecule has 2 aliphatic rings. The van der Waals surface area contributed by atoms with Gasteiger partial charge in [0.05, 0.1) is 0 Å². The molecule has 0 aromatic carbocycles. The minimum atomic E-state index is -0.00965. The van der Waals surface area contributed by atoms with Gasteiger partial charge in [0.15, 0.2) is 0 Å². The number of hydrogen-bond acceptors (Lipinski definition) is 1. The molecule has 0 aliphatic heterocycles. The molecule has 1 nitrogen and oxygen atoms in total. The average molecular weight is 166 g/mol. The van der Waals surface area contributed by atoms with E-state index < -0.39 is 0 Å². The standard InChI is InChI=1S/C11H18O/c1-7(2)11-5-8(11)10(3,4)9(12)6-11/h7-8H,5-6H2,1-4H3/t8-,11+/m1/s1. The van der Waals surface area contributed by atoms with E-state index in [2.05, 4.69) is 27.7 Å². The summed E-state index contributed by atoms with van der Waals surface area (Å²) in [5.74, 6) is 1.87. The van der Waals surface area contributed by atoms with E-state index in [-0.39, 0.29) is 5.41 Å². The summed E-state index contributed by atoms with van der Waals surface area (Å²) >= 11 is 0. The molecule has 2 rings (SSSR count). The van der Waals surface area contributed by atoms with Crippen LogP contribution in [-0.2, 0) is 4.79 Å². The molecular formula is C11H18O. The van der Waals surface area contributed by atoms with Crippen LogP contribution >= 0.6 is 0 Å². The van der Waals surface area contributed by atoms with E-state index in [1.807, 2.05) is 0 Å². The van der Waals surface area contributed by atoms with Gasteiger partial charge in [-0.3, -0.25) is 4.79 Å². The van der Waals surface area contributed by atoms with E-state index in [1.165, 1.54) is 6.42 Å². The lowest BCUT2D eigenvalue weighted by Crippen LogP contribution is -2.21. The van der Waals surface area contributed by atoms with E-state index in [4.69, 9.17) is 0 Å². The molecular weight excluding hydrogens is 148 g/mol. The number of carbonyl (C=O) groups is 1. The lowest BCUT2D eigenvalue weighted by atomic mass is 9.86.